The molecule has 0 aliphatic rings. The summed E-state index contributed by atoms with van der Waals surface area (Å²) in [6.45, 7) is 1.40. The predicted molar refractivity (Wildman–Crippen MR) is 166 cm³/mol. The molecule has 0 amide bonds. The number of pyridine rings is 1. The molecule has 2 aromatic heterocycles. The quantitative estimate of drug-likeness (QED) is 0.0905. The molecule has 0 fully saturated rings. The molecule has 47 heavy (non-hydrogen) atoms. The molecule has 5 aromatic rings. The summed E-state index contributed by atoms with van der Waals surface area (Å²) in [4.78, 5) is 40.0. The SMILES string of the molecule is CCOC(=O)c1cc(-c2cc(OCc3ccccc3)c(OCc3ccccc3)c([N+](=O)[O-])c2)n(C)c1-c1c(C(F)(F)F)cc[nH]c1=O. The minimum Gasteiger partial charge on any atom is -0.485 e. The normalized spacial score (nSPS) is 11.3. The van der Waals surface area contributed by atoms with E-state index in [2.05, 4.69) is 4.98 Å². The van der Waals surface area contributed by atoms with E-state index >= 15 is 0 Å². The van der Waals surface area contributed by atoms with Gasteiger partial charge in [0.15, 0.2) is 5.75 Å². The van der Waals surface area contributed by atoms with Gasteiger partial charge in [-0.2, -0.15) is 13.2 Å². The van der Waals surface area contributed by atoms with Gasteiger partial charge in [-0.3, -0.25) is 14.9 Å². The van der Waals surface area contributed by atoms with Gasteiger partial charge in [0.2, 0.25) is 5.75 Å². The second kappa shape index (κ2) is 13.6. The number of nitrogens with zero attached hydrogens (tertiary/aromatic N) is 2. The Balaban J connectivity index is 1.72. The van der Waals surface area contributed by atoms with Gasteiger partial charge in [-0.05, 0) is 36.2 Å². The number of nitrogens with one attached hydrogen (secondary N) is 1. The largest absolute Gasteiger partial charge is 0.485 e. The zero-order valence-corrected chi connectivity index (χ0v) is 25.2. The zero-order chi connectivity index (χ0) is 33.7. The van der Waals surface area contributed by atoms with Crippen molar-refractivity contribution >= 4 is 11.7 Å². The first-order valence-electron chi connectivity index (χ1n) is 14.3. The Kier molecular flexibility index (Phi) is 9.45. The number of halogens is 3. The molecular formula is C34H28F3N3O7. The standard InChI is InChI=1S/C34H28F3N3O7/c1-3-45-33(42)24-18-26(39(2)30(24)29-25(34(35,36)37)14-15-38-32(29)41)23-16-27(40(43)44)31(47-20-22-12-8-5-9-13-22)28(17-23)46-19-21-10-6-4-7-11-21/h4-18H,3,19-20H2,1-2H3,(H,38,41). The molecule has 2 heterocycles. The Hall–Kier alpha value is -5.85. The molecule has 0 spiro atoms. The van der Waals surface area contributed by atoms with Crippen LogP contribution in [0.25, 0.3) is 22.5 Å². The van der Waals surface area contributed by atoms with Crippen LogP contribution in [0, 0.1) is 10.1 Å². The molecule has 0 aliphatic heterocycles. The second-order valence-corrected chi connectivity index (χ2v) is 10.3. The first-order chi connectivity index (χ1) is 22.5. The number of aromatic amines is 1. The molecule has 13 heteroatoms. The topological polar surface area (TPSA) is 126 Å². The average Bonchev–Trinajstić information content (AvgIpc) is 3.39. The van der Waals surface area contributed by atoms with Crippen molar-refractivity contribution in [1.29, 1.82) is 0 Å². The number of hydrogen-bond acceptors (Lipinski definition) is 7. The molecule has 0 radical (unpaired) electrons. The minimum atomic E-state index is -4.95. The van der Waals surface area contributed by atoms with Crippen LogP contribution in [0.5, 0.6) is 11.5 Å². The Morgan fingerprint density at radius 2 is 1.55 bits per heavy atom. The van der Waals surface area contributed by atoms with Crippen LogP contribution in [0.2, 0.25) is 0 Å². The Bertz CT molecular complexity index is 1970. The van der Waals surface area contributed by atoms with Gasteiger partial charge in [0.25, 0.3) is 5.56 Å². The van der Waals surface area contributed by atoms with E-state index in [1.165, 1.54) is 36.7 Å². The van der Waals surface area contributed by atoms with Gasteiger partial charge < -0.3 is 23.8 Å². The highest BCUT2D eigenvalue weighted by Crippen LogP contribution is 2.44. The summed E-state index contributed by atoms with van der Waals surface area (Å²) in [6.07, 6.45) is -4.09. The number of esters is 1. The van der Waals surface area contributed by atoms with E-state index in [0.717, 1.165) is 17.3 Å². The molecule has 3 aromatic carbocycles. The van der Waals surface area contributed by atoms with Gasteiger partial charge in [-0.15, -0.1) is 0 Å². The number of nitro benzene ring substituents is 1. The number of carbonyl (C=O) groups is 1. The maximum atomic E-state index is 14.1. The number of aromatic nitrogens is 2. The predicted octanol–water partition coefficient (Wildman–Crippen LogP) is 7.31. The number of carbonyl (C=O) groups excluding carboxylic acids is 1. The van der Waals surface area contributed by atoms with Gasteiger partial charge >= 0.3 is 17.8 Å². The van der Waals surface area contributed by atoms with Gasteiger partial charge in [0, 0.05) is 30.6 Å². The van der Waals surface area contributed by atoms with Crippen LogP contribution >= 0.6 is 0 Å². The van der Waals surface area contributed by atoms with E-state index in [1.54, 1.807) is 48.5 Å². The molecule has 0 atom stereocenters. The number of ether oxygens (including phenoxy) is 3. The fourth-order valence-electron chi connectivity index (χ4n) is 5.09. The van der Waals surface area contributed by atoms with Crippen molar-refractivity contribution < 1.29 is 37.1 Å². The summed E-state index contributed by atoms with van der Waals surface area (Å²) in [5.74, 6) is -1.18. The Morgan fingerprint density at radius 3 is 2.13 bits per heavy atom. The minimum absolute atomic E-state index is 0.00391. The molecule has 0 unspecified atom stereocenters. The maximum absolute atomic E-state index is 14.1. The fraction of sp³-hybridized carbons (Fsp3) is 0.176. The fourth-order valence-corrected chi connectivity index (χ4v) is 5.09. The van der Waals surface area contributed by atoms with Crippen LogP contribution in [0.1, 0.15) is 34.0 Å². The van der Waals surface area contributed by atoms with Crippen molar-refractivity contribution in [1.82, 2.24) is 9.55 Å². The Labute approximate surface area is 266 Å². The van der Waals surface area contributed by atoms with E-state index in [1.807, 2.05) is 12.1 Å². The number of nitro groups is 1. The van der Waals surface area contributed by atoms with E-state index < -0.39 is 39.4 Å². The van der Waals surface area contributed by atoms with E-state index in [0.29, 0.717) is 6.07 Å². The van der Waals surface area contributed by atoms with E-state index in [9.17, 15) is 32.9 Å². The molecule has 242 valence electrons. The smallest absolute Gasteiger partial charge is 0.417 e. The monoisotopic (exact) mass is 647 g/mol. The highest BCUT2D eigenvalue weighted by molar-refractivity contribution is 5.99. The lowest BCUT2D eigenvalue weighted by Crippen LogP contribution is -2.20. The van der Waals surface area contributed by atoms with Crippen molar-refractivity contribution in [3.63, 3.8) is 0 Å². The molecular weight excluding hydrogens is 619 g/mol. The van der Waals surface area contributed by atoms with Crippen LogP contribution in [0.4, 0.5) is 18.9 Å². The highest BCUT2D eigenvalue weighted by atomic mass is 19.4. The second-order valence-electron chi connectivity index (χ2n) is 10.3. The maximum Gasteiger partial charge on any atom is 0.417 e. The molecule has 0 aliphatic carbocycles. The Morgan fingerprint density at radius 1 is 0.936 bits per heavy atom. The van der Waals surface area contributed by atoms with Gasteiger partial charge in [0.05, 0.1) is 33.9 Å². The van der Waals surface area contributed by atoms with Crippen LogP contribution in [0.3, 0.4) is 0 Å². The molecule has 0 saturated heterocycles. The van der Waals surface area contributed by atoms with Crippen molar-refractivity contribution in [3.8, 4) is 34.0 Å². The number of benzene rings is 3. The van der Waals surface area contributed by atoms with Crippen molar-refractivity contribution in [3.05, 3.63) is 134 Å². The van der Waals surface area contributed by atoms with Gasteiger partial charge in [-0.25, -0.2) is 4.79 Å². The van der Waals surface area contributed by atoms with Crippen LogP contribution in [-0.4, -0.2) is 27.1 Å². The summed E-state index contributed by atoms with van der Waals surface area (Å²) >= 11 is 0. The third-order valence-corrected chi connectivity index (χ3v) is 7.22. The van der Waals surface area contributed by atoms with E-state index in [-0.39, 0.29) is 53.8 Å². The summed E-state index contributed by atoms with van der Waals surface area (Å²) < 4.78 is 60.7. The number of rotatable bonds is 11. The molecule has 0 saturated carbocycles. The summed E-state index contributed by atoms with van der Waals surface area (Å²) in [6, 6.07) is 22.5. The number of alkyl halides is 3. The molecule has 10 nitrogen and oxygen atoms in total. The highest BCUT2D eigenvalue weighted by Gasteiger charge is 2.38. The van der Waals surface area contributed by atoms with Crippen molar-refractivity contribution in [2.75, 3.05) is 6.61 Å². The number of hydrogen-bond donors (Lipinski definition) is 1. The summed E-state index contributed by atoms with van der Waals surface area (Å²) in [5, 5.41) is 12.4. The summed E-state index contributed by atoms with van der Waals surface area (Å²) in [7, 11) is 1.34. The average molecular weight is 648 g/mol. The van der Waals surface area contributed by atoms with Crippen LogP contribution < -0.4 is 15.0 Å². The lowest BCUT2D eigenvalue weighted by molar-refractivity contribution is -0.386. The first kappa shape index (κ1) is 32.5. The zero-order valence-electron chi connectivity index (χ0n) is 25.2. The molecule has 1 N–H and O–H groups in total. The summed E-state index contributed by atoms with van der Waals surface area (Å²) in [5.41, 5.74) is -2.73. The molecule has 0 bridgehead atoms. The van der Waals surface area contributed by atoms with Gasteiger partial charge in [0.1, 0.15) is 13.2 Å². The van der Waals surface area contributed by atoms with E-state index in [4.69, 9.17) is 14.2 Å². The van der Waals surface area contributed by atoms with Crippen LogP contribution in [-0.2, 0) is 31.2 Å². The number of H-pyrrole nitrogens is 1. The van der Waals surface area contributed by atoms with Crippen molar-refractivity contribution in [2.24, 2.45) is 7.05 Å². The third-order valence-electron chi connectivity index (χ3n) is 7.22. The van der Waals surface area contributed by atoms with Crippen molar-refractivity contribution in [2.45, 2.75) is 26.3 Å². The lowest BCUT2D eigenvalue weighted by Gasteiger charge is -2.16. The van der Waals surface area contributed by atoms with Gasteiger partial charge in [-0.1, -0.05) is 60.7 Å². The third kappa shape index (κ3) is 7.03. The lowest BCUT2D eigenvalue weighted by atomic mass is 10.0. The first-order valence-corrected chi connectivity index (χ1v) is 14.3. The molecule has 5 rings (SSSR count). The van der Waals surface area contributed by atoms with Crippen LogP contribution in [0.15, 0.2) is 95.9 Å².